The number of hydrogen-bond donors (Lipinski definition) is 0. The Morgan fingerprint density at radius 1 is 1.33 bits per heavy atom. The predicted molar refractivity (Wildman–Crippen MR) is 54.4 cm³/mol. The molecule has 0 N–H and O–H groups in total. The van der Waals surface area contributed by atoms with E-state index in [0.29, 0.717) is 19.1 Å². The molecule has 15 heavy (non-hydrogen) atoms. The van der Waals surface area contributed by atoms with Crippen molar-refractivity contribution in [2.24, 2.45) is 0 Å². The highest BCUT2D eigenvalue weighted by atomic mass is 16.5. The maximum absolute atomic E-state index is 11.3. The molecule has 1 heterocycles. The number of carbonyl (C=O) groups is 1. The third-order valence-corrected chi connectivity index (χ3v) is 1.80. The van der Waals surface area contributed by atoms with Crippen LogP contribution in [0.1, 0.15) is 13.8 Å². The van der Waals surface area contributed by atoms with Crippen molar-refractivity contribution >= 4 is 5.97 Å². The second kappa shape index (κ2) is 6.01. The van der Waals surface area contributed by atoms with Gasteiger partial charge >= 0.3 is 11.8 Å². The maximum Gasteiger partial charge on any atom is 0.372 e. The lowest BCUT2D eigenvalue weighted by atomic mass is 10.4. The molecule has 0 bridgehead atoms. The zero-order valence-electron chi connectivity index (χ0n) is 9.10. The van der Waals surface area contributed by atoms with Gasteiger partial charge in [-0.25, -0.2) is 4.79 Å². The summed E-state index contributed by atoms with van der Waals surface area (Å²) in [6.45, 7) is 4.85. The van der Waals surface area contributed by atoms with E-state index in [0.717, 1.165) is 0 Å². The van der Waals surface area contributed by atoms with Gasteiger partial charge in [-0.1, -0.05) is 0 Å². The number of ether oxygens (including phenoxy) is 2. The number of carbonyl (C=O) groups excluding carboxylic acids is 1. The Balaban J connectivity index is 2.70. The Hall–Kier alpha value is -1.58. The van der Waals surface area contributed by atoms with Crippen molar-refractivity contribution in [3.05, 3.63) is 24.4 Å². The van der Waals surface area contributed by atoms with E-state index >= 15 is 0 Å². The van der Waals surface area contributed by atoms with Crippen molar-refractivity contribution in [3.63, 3.8) is 0 Å². The zero-order chi connectivity index (χ0) is 11.1. The molecule has 4 nitrogen and oxygen atoms in total. The number of pyridine rings is 1. The summed E-state index contributed by atoms with van der Waals surface area (Å²) in [4.78, 5) is 11.3. The van der Waals surface area contributed by atoms with Crippen LogP contribution in [-0.2, 0) is 16.1 Å². The van der Waals surface area contributed by atoms with Crippen molar-refractivity contribution in [2.75, 3.05) is 13.2 Å². The summed E-state index contributed by atoms with van der Waals surface area (Å²) in [6.07, 6.45) is 1.79. The molecular formula is C11H16NO3+. The van der Waals surface area contributed by atoms with E-state index < -0.39 is 0 Å². The van der Waals surface area contributed by atoms with Gasteiger partial charge in [-0.2, -0.15) is 4.57 Å². The van der Waals surface area contributed by atoms with Crippen molar-refractivity contribution in [1.82, 2.24) is 0 Å². The normalized spacial score (nSPS) is 9.73. The highest BCUT2D eigenvalue weighted by Crippen LogP contribution is 2.01. The van der Waals surface area contributed by atoms with Crippen LogP contribution < -0.4 is 9.30 Å². The Kier molecular flexibility index (Phi) is 4.60. The number of hydrogen-bond acceptors (Lipinski definition) is 3. The van der Waals surface area contributed by atoms with Crippen LogP contribution in [0.2, 0.25) is 0 Å². The first-order valence-electron chi connectivity index (χ1n) is 5.04. The molecule has 0 radical (unpaired) electrons. The van der Waals surface area contributed by atoms with Crippen LogP contribution in [-0.4, -0.2) is 19.2 Å². The lowest BCUT2D eigenvalue weighted by molar-refractivity contribution is -0.691. The molecule has 0 aromatic carbocycles. The molecule has 0 spiro atoms. The molecule has 0 amide bonds. The van der Waals surface area contributed by atoms with Gasteiger partial charge in [0.2, 0.25) is 6.54 Å². The first-order chi connectivity index (χ1) is 7.27. The van der Waals surface area contributed by atoms with Gasteiger partial charge in [-0.05, 0) is 19.9 Å². The van der Waals surface area contributed by atoms with Gasteiger partial charge in [0.05, 0.1) is 19.3 Å². The van der Waals surface area contributed by atoms with Crippen LogP contribution in [0.3, 0.4) is 0 Å². The average molecular weight is 210 g/mol. The second-order valence-electron chi connectivity index (χ2n) is 2.90. The summed E-state index contributed by atoms with van der Waals surface area (Å²) < 4.78 is 12.0. The molecule has 1 aromatic rings. The van der Waals surface area contributed by atoms with Gasteiger partial charge in [0.25, 0.3) is 0 Å². The largest absolute Gasteiger partial charge is 0.461 e. The molecule has 1 aromatic heterocycles. The molecule has 0 aliphatic rings. The average Bonchev–Trinajstić information content (AvgIpc) is 2.21. The van der Waals surface area contributed by atoms with E-state index in [9.17, 15) is 4.79 Å². The number of aromatic nitrogens is 1. The van der Waals surface area contributed by atoms with Crippen LogP contribution in [0.25, 0.3) is 0 Å². The highest BCUT2D eigenvalue weighted by Gasteiger charge is 2.15. The second-order valence-corrected chi connectivity index (χ2v) is 2.90. The molecule has 0 saturated carbocycles. The fraction of sp³-hybridized carbons (Fsp3) is 0.455. The molecular weight excluding hydrogens is 194 g/mol. The van der Waals surface area contributed by atoms with Gasteiger partial charge < -0.3 is 9.47 Å². The van der Waals surface area contributed by atoms with Crippen LogP contribution >= 0.6 is 0 Å². The summed E-state index contributed by atoms with van der Waals surface area (Å²) in [5.41, 5.74) is 0. The van der Waals surface area contributed by atoms with E-state index in [1.54, 1.807) is 17.7 Å². The number of nitrogens with zero attached hydrogens (tertiary/aromatic N) is 1. The third kappa shape index (κ3) is 3.58. The Morgan fingerprint density at radius 3 is 2.80 bits per heavy atom. The minimum atomic E-state index is -0.255. The fourth-order valence-corrected chi connectivity index (χ4v) is 1.22. The SMILES string of the molecule is CCOC(=O)C[n+]1ccccc1OCC. The van der Waals surface area contributed by atoms with E-state index in [1.165, 1.54) is 0 Å². The van der Waals surface area contributed by atoms with Crippen LogP contribution in [0, 0.1) is 0 Å². The molecule has 1 rings (SSSR count). The fourth-order valence-electron chi connectivity index (χ4n) is 1.22. The number of rotatable bonds is 5. The molecule has 0 atom stereocenters. The van der Waals surface area contributed by atoms with E-state index in [4.69, 9.17) is 9.47 Å². The minimum absolute atomic E-state index is 0.185. The van der Waals surface area contributed by atoms with Crippen LogP contribution in [0.4, 0.5) is 0 Å². The molecule has 82 valence electrons. The highest BCUT2D eigenvalue weighted by molar-refractivity contribution is 5.67. The standard InChI is InChI=1S/C11H16NO3/c1-3-14-10-7-5-6-8-12(10)9-11(13)15-4-2/h5-8H,3-4,9H2,1-2H3/q+1. The molecule has 0 aliphatic carbocycles. The Morgan fingerprint density at radius 2 is 2.13 bits per heavy atom. The van der Waals surface area contributed by atoms with Crippen molar-refractivity contribution < 1.29 is 18.8 Å². The topological polar surface area (TPSA) is 39.4 Å². The van der Waals surface area contributed by atoms with Crippen molar-refractivity contribution in [3.8, 4) is 5.88 Å². The molecule has 4 heteroatoms. The molecule has 0 aliphatic heterocycles. The van der Waals surface area contributed by atoms with E-state index in [-0.39, 0.29) is 12.5 Å². The maximum atomic E-state index is 11.3. The zero-order valence-corrected chi connectivity index (χ0v) is 9.10. The molecule has 0 unspecified atom stereocenters. The van der Waals surface area contributed by atoms with E-state index in [2.05, 4.69) is 0 Å². The van der Waals surface area contributed by atoms with Crippen molar-refractivity contribution in [1.29, 1.82) is 0 Å². The third-order valence-electron chi connectivity index (χ3n) is 1.80. The summed E-state index contributed by atoms with van der Waals surface area (Å²) in [5, 5.41) is 0. The van der Waals surface area contributed by atoms with Gasteiger partial charge in [-0.15, -0.1) is 0 Å². The van der Waals surface area contributed by atoms with Gasteiger partial charge in [0.15, 0.2) is 6.20 Å². The molecule has 0 saturated heterocycles. The van der Waals surface area contributed by atoms with Gasteiger partial charge in [0, 0.05) is 6.07 Å². The number of esters is 1. The minimum Gasteiger partial charge on any atom is -0.461 e. The van der Waals surface area contributed by atoms with Gasteiger partial charge in [0.1, 0.15) is 0 Å². The van der Waals surface area contributed by atoms with Crippen LogP contribution in [0.5, 0.6) is 5.88 Å². The lowest BCUT2D eigenvalue weighted by Gasteiger charge is -2.03. The first kappa shape index (κ1) is 11.5. The lowest BCUT2D eigenvalue weighted by Crippen LogP contribution is -2.39. The summed E-state index contributed by atoms with van der Waals surface area (Å²) >= 11 is 0. The van der Waals surface area contributed by atoms with E-state index in [1.807, 2.05) is 25.1 Å². The first-order valence-corrected chi connectivity index (χ1v) is 5.04. The van der Waals surface area contributed by atoms with Gasteiger partial charge in [-0.3, -0.25) is 0 Å². The monoisotopic (exact) mass is 210 g/mol. The predicted octanol–water partition coefficient (Wildman–Crippen LogP) is 0.936. The summed E-state index contributed by atoms with van der Waals surface area (Å²) in [5.74, 6) is 0.419. The smallest absolute Gasteiger partial charge is 0.372 e. The molecule has 0 fully saturated rings. The Bertz CT molecular complexity index is 325. The van der Waals surface area contributed by atoms with Crippen LogP contribution in [0.15, 0.2) is 24.4 Å². The Labute approximate surface area is 89.4 Å². The summed E-state index contributed by atoms with van der Waals surface area (Å²) in [7, 11) is 0. The summed E-state index contributed by atoms with van der Waals surface area (Å²) in [6, 6.07) is 5.54. The van der Waals surface area contributed by atoms with Crippen molar-refractivity contribution in [2.45, 2.75) is 20.4 Å². The quantitative estimate of drug-likeness (QED) is 0.536.